The van der Waals surface area contributed by atoms with Crippen LogP contribution in [-0.4, -0.2) is 32.1 Å². The Bertz CT molecular complexity index is 222. The number of methoxy groups -OCH3 is 1. The quantitative estimate of drug-likeness (QED) is 0.474. The highest BCUT2D eigenvalue weighted by Gasteiger charge is 2.43. The number of esters is 1. The fourth-order valence-corrected chi connectivity index (χ4v) is 1.21. The van der Waals surface area contributed by atoms with Crippen molar-refractivity contribution >= 4 is 5.97 Å². The average Bonchev–Trinajstić information content (AvgIpc) is 2.51. The molecule has 0 spiro atoms. The van der Waals surface area contributed by atoms with E-state index in [-0.39, 0.29) is 0 Å². The molecule has 13 heavy (non-hydrogen) atoms. The van der Waals surface area contributed by atoms with Crippen LogP contribution in [0.5, 0.6) is 0 Å². The lowest BCUT2D eigenvalue weighted by atomic mass is 10.2. The first-order valence-corrected chi connectivity index (χ1v) is 4.13. The van der Waals surface area contributed by atoms with E-state index in [4.69, 9.17) is 9.47 Å². The molecule has 1 saturated heterocycles. The number of hydrogen-bond donors (Lipinski definition) is 0. The molecule has 0 radical (unpaired) electrons. The maximum atomic E-state index is 11.4. The van der Waals surface area contributed by atoms with Crippen molar-refractivity contribution in [2.75, 3.05) is 20.3 Å². The lowest BCUT2D eigenvalue weighted by molar-refractivity contribution is -0.189. The lowest BCUT2D eigenvalue weighted by Gasteiger charge is -2.20. The molecule has 74 valence electrons. The SMILES string of the molecule is COC(=O)C1(C=C(C)C)OCCO1. The first-order valence-electron chi connectivity index (χ1n) is 4.13. The van der Waals surface area contributed by atoms with Crippen LogP contribution >= 0.6 is 0 Å². The van der Waals surface area contributed by atoms with Crippen molar-refractivity contribution in [2.24, 2.45) is 0 Å². The maximum Gasteiger partial charge on any atom is 0.371 e. The molecule has 0 bridgehead atoms. The summed E-state index contributed by atoms with van der Waals surface area (Å²) in [6, 6.07) is 0. The molecule has 1 rings (SSSR count). The molecular weight excluding hydrogens is 172 g/mol. The minimum atomic E-state index is -1.30. The zero-order chi connectivity index (χ0) is 9.90. The van der Waals surface area contributed by atoms with Gasteiger partial charge in [-0.05, 0) is 19.9 Å². The molecule has 0 N–H and O–H groups in total. The van der Waals surface area contributed by atoms with Gasteiger partial charge >= 0.3 is 5.97 Å². The fraction of sp³-hybridized carbons (Fsp3) is 0.667. The molecule has 0 aliphatic carbocycles. The predicted molar refractivity (Wildman–Crippen MR) is 46.1 cm³/mol. The molecule has 0 aromatic rings. The third-order valence-corrected chi connectivity index (χ3v) is 1.66. The molecular formula is C9H14O4. The molecule has 1 aliphatic heterocycles. The van der Waals surface area contributed by atoms with Gasteiger partial charge in [0.2, 0.25) is 0 Å². The van der Waals surface area contributed by atoms with Crippen LogP contribution in [0, 0.1) is 0 Å². The van der Waals surface area contributed by atoms with Crippen molar-refractivity contribution < 1.29 is 19.0 Å². The normalized spacial score (nSPS) is 19.6. The predicted octanol–water partition coefficient (Wildman–Crippen LogP) is 0.869. The molecule has 0 atom stereocenters. The average molecular weight is 186 g/mol. The summed E-state index contributed by atoms with van der Waals surface area (Å²) in [6.45, 7) is 4.57. The van der Waals surface area contributed by atoms with Gasteiger partial charge in [-0.1, -0.05) is 5.57 Å². The Morgan fingerprint density at radius 3 is 2.31 bits per heavy atom. The number of carbonyl (C=O) groups excluding carboxylic acids is 1. The summed E-state index contributed by atoms with van der Waals surface area (Å²) in [5, 5.41) is 0. The van der Waals surface area contributed by atoms with Crippen LogP contribution in [0.25, 0.3) is 0 Å². The van der Waals surface area contributed by atoms with E-state index in [0.717, 1.165) is 5.57 Å². The fourth-order valence-electron chi connectivity index (χ4n) is 1.21. The van der Waals surface area contributed by atoms with Crippen molar-refractivity contribution in [2.45, 2.75) is 19.6 Å². The summed E-state index contributed by atoms with van der Waals surface area (Å²) < 4.78 is 15.1. The topological polar surface area (TPSA) is 44.8 Å². The molecule has 1 aliphatic rings. The molecule has 4 heteroatoms. The maximum absolute atomic E-state index is 11.4. The summed E-state index contributed by atoms with van der Waals surface area (Å²) in [7, 11) is 1.31. The standard InChI is InChI=1S/C9H14O4/c1-7(2)6-9(8(10)11-3)12-4-5-13-9/h6H,4-5H2,1-3H3. The summed E-state index contributed by atoms with van der Waals surface area (Å²) in [5.74, 6) is -1.81. The van der Waals surface area contributed by atoms with Gasteiger partial charge in [0.1, 0.15) is 0 Å². The largest absolute Gasteiger partial charge is 0.465 e. The van der Waals surface area contributed by atoms with Crippen LogP contribution in [0.1, 0.15) is 13.8 Å². The second-order valence-electron chi connectivity index (χ2n) is 3.08. The first-order chi connectivity index (χ1) is 6.10. The number of carbonyl (C=O) groups is 1. The second-order valence-corrected chi connectivity index (χ2v) is 3.08. The van der Waals surface area contributed by atoms with Gasteiger partial charge < -0.3 is 14.2 Å². The summed E-state index contributed by atoms with van der Waals surface area (Å²) in [4.78, 5) is 11.4. The second kappa shape index (κ2) is 3.89. The molecule has 1 fully saturated rings. The van der Waals surface area contributed by atoms with Crippen LogP contribution in [0.15, 0.2) is 11.6 Å². The van der Waals surface area contributed by atoms with E-state index in [1.54, 1.807) is 6.08 Å². The van der Waals surface area contributed by atoms with E-state index < -0.39 is 11.8 Å². The van der Waals surface area contributed by atoms with Crippen LogP contribution in [-0.2, 0) is 19.0 Å². The molecule has 0 saturated carbocycles. The lowest BCUT2D eigenvalue weighted by Crippen LogP contribution is -2.39. The molecule has 0 aromatic heterocycles. The van der Waals surface area contributed by atoms with Gasteiger partial charge in [-0.15, -0.1) is 0 Å². The van der Waals surface area contributed by atoms with Crippen molar-refractivity contribution in [3.8, 4) is 0 Å². The van der Waals surface area contributed by atoms with E-state index in [1.165, 1.54) is 7.11 Å². The Kier molecular flexibility index (Phi) is 3.06. The monoisotopic (exact) mass is 186 g/mol. The third-order valence-electron chi connectivity index (χ3n) is 1.66. The van der Waals surface area contributed by atoms with Crippen molar-refractivity contribution in [3.63, 3.8) is 0 Å². The smallest absolute Gasteiger partial charge is 0.371 e. The summed E-state index contributed by atoms with van der Waals surface area (Å²) in [6.07, 6.45) is 1.63. The molecule has 4 nitrogen and oxygen atoms in total. The Balaban J connectivity index is 2.87. The zero-order valence-corrected chi connectivity index (χ0v) is 8.12. The van der Waals surface area contributed by atoms with Crippen LogP contribution < -0.4 is 0 Å². The highest BCUT2D eigenvalue weighted by Crippen LogP contribution is 2.23. The number of rotatable bonds is 2. The van der Waals surface area contributed by atoms with Gasteiger partial charge in [-0.25, -0.2) is 4.79 Å². The van der Waals surface area contributed by atoms with Crippen molar-refractivity contribution in [3.05, 3.63) is 11.6 Å². The molecule has 0 unspecified atom stereocenters. The number of allylic oxidation sites excluding steroid dienone is 1. The Morgan fingerprint density at radius 1 is 1.38 bits per heavy atom. The van der Waals surface area contributed by atoms with Crippen LogP contribution in [0.2, 0.25) is 0 Å². The molecule has 0 aromatic carbocycles. The minimum absolute atomic E-state index is 0.416. The van der Waals surface area contributed by atoms with Crippen LogP contribution in [0.4, 0.5) is 0 Å². The van der Waals surface area contributed by atoms with E-state index in [9.17, 15) is 4.79 Å². The molecule has 0 amide bonds. The Labute approximate surface area is 77.5 Å². The summed E-state index contributed by atoms with van der Waals surface area (Å²) >= 11 is 0. The van der Waals surface area contributed by atoms with E-state index in [1.807, 2.05) is 13.8 Å². The number of hydrogen-bond acceptors (Lipinski definition) is 4. The first kappa shape index (κ1) is 10.2. The van der Waals surface area contributed by atoms with Gasteiger partial charge in [-0.3, -0.25) is 0 Å². The highest BCUT2D eigenvalue weighted by atomic mass is 16.8. The van der Waals surface area contributed by atoms with E-state index >= 15 is 0 Å². The highest BCUT2D eigenvalue weighted by molar-refractivity contribution is 5.80. The van der Waals surface area contributed by atoms with E-state index in [2.05, 4.69) is 4.74 Å². The van der Waals surface area contributed by atoms with Gasteiger partial charge in [0, 0.05) is 0 Å². The zero-order valence-electron chi connectivity index (χ0n) is 8.12. The van der Waals surface area contributed by atoms with Crippen molar-refractivity contribution in [1.82, 2.24) is 0 Å². The molecule has 1 heterocycles. The van der Waals surface area contributed by atoms with Crippen molar-refractivity contribution in [1.29, 1.82) is 0 Å². The summed E-state index contributed by atoms with van der Waals surface area (Å²) in [5.41, 5.74) is 0.951. The van der Waals surface area contributed by atoms with Gasteiger partial charge in [0.15, 0.2) is 0 Å². The van der Waals surface area contributed by atoms with Gasteiger partial charge in [0.25, 0.3) is 5.79 Å². The van der Waals surface area contributed by atoms with Gasteiger partial charge in [-0.2, -0.15) is 0 Å². The Morgan fingerprint density at radius 2 is 1.92 bits per heavy atom. The Hall–Kier alpha value is -0.870. The van der Waals surface area contributed by atoms with Crippen LogP contribution in [0.3, 0.4) is 0 Å². The number of ether oxygens (including phenoxy) is 3. The third kappa shape index (κ3) is 2.08. The minimum Gasteiger partial charge on any atom is -0.465 e. The van der Waals surface area contributed by atoms with Gasteiger partial charge in [0.05, 0.1) is 20.3 Å². The van der Waals surface area contributed by atoms with E-state index in [0.29, 0.717) is 13.2 Å².